The second-order valence-electron chi connectivity index (χ2n) is 7.92. The molecule has 1 N–H and O–H groups in total. The number of nitrogens with zero attached hydrogens (tertiary/aromatic N) is 4. The maximum absolute atomic E-state index is 14.7. The molecule has 0 spiro atoms. The number of likely N-dealkylation sites (N-methyl/N-ethyl adjacent to an activating group) is 1. The van der Waals surface area contributed by atoms with Crippen molar-refractivity contribution >= 4 is 17.0 Å². The van der Waals surface area contributed by atoms with Crippen molar-refractivity contribution in [3.8, 4) is 17.1 Å². The van der Waals surface area contributed by atoms with Crippen LogP contribution < -0.4 is 10.1 Å². The molecule has 2 aromatic heterocycles. The minimum atomic E-state index is -4.50. The predicted octanol–water partition coefficient (Wildman–Crippen LogP) is 4.23. The molecule has 166 valence electrons. The summed E-state index contributed by atoms with van der Waals surface area (Å²) in [6.45, 7) is 3.26. The fraction of sp³-hybridized carbons (Fsp3) is 0.429. The SMILES string of the molecule is COc1cc(C(F)(F)F)cc(C)c1-c1nc2nc(N[C@@H]3CCN(C)C3)c(F)cc2n1C. The van der Waals surface area contributed by atoms with E-state index in [9.17, 15) is 17.6 Å². The van der Waals surface area contributed by atoms with E-state index in [1.165, 1.54) is 13.2 Å². The fourth-order valence-corrected chi connectivity index (χ4v) is 4.03. The molecular weight excluding hydrogens is 414 g/mol. The van der Waals surface area contributed by atoms with Gasteiger partial charge in [-0.2, -0.15) is 13.2 Å². The molecule has 6 nitrogen and oxygen atoms in total. The van der Waals surface area contributed by atoms with Crippen molar-refractivity contribution in [2.45, 2.75) is 25.6 Å². The number of hydrogen-bond donors (Lipinski definition) is 1. The lowest BCUT2D eigenvalue weighted by Gasteiger charge is -2.15. The zero-order valence-corrected chi connectivity index (χ0v) is 17.6. The lowest BCUT2D eigenvalue weighted by atomic mass is 10.0. The quantitative estimate of drug-likeness (QED) is 0.620. The minimum absolute atomic E-state index is 0.0403. The van der Waals surface area contributed by atoms with Crippen LogP contribution in [-0.2, 0) is 13.2 Å². The van der Waals surface area contributed by atoms with Gasteiger partial charge in [0.05, 0.1) is 23.8 Å². The Kier molecular flexibility index (Phi) is 5.28. The Morgan fingerprint density at radius 1 is 1.16 bits per heavy atom. The molecule has 0 bridgehead atoms. The van der Waals surface area contributed by atoms with E-state index in [0.29, 0.717) is 28.1 Å². The highest BCUT2D eigenvalue weighted by molar-refractivity contribution is 5.82. The molecule has 0 radical (unpaired) electrons. The van der Waals surface area contributed by atoms with E-state index >= 15 is 0 Å². The summed E-state index contributed by atoms with van der Waals surface area (Å²) >= 11 is 0. The van der Waals surface area contributed by atoms with Crippen LogP contribution in [0.25, 0.3) is 22.6 Å². The van der Waals surface area contributed by atoms with Crippen molar-refractivity contribution < 1.29 is 22.3 Å². The molecule has 1 aliphatic rings. The highest BCUT2D eigenvalue weighted by Gasteiger charge is 2.33. The molecule has 3 aromatic rings. The molecule has 1 aliphatic heterocycles. The van der Waals surface area contributed by atoms with Gasteiger partial charge in [0.15, 0.2) is 17.3 Å². The van der Waals surface area contributed by atoms with E-state index < -0.39 is 17.6 Å². The van der Waals surface area contributed by atoms with E-state index in [-0.39, 0.29) is 17.6 Å². The average Bonchev–Trinajstić information content (AvgIpc) is 3.24. The molecule has 3 heterocycles. The van der Waals surface area contributed by atoms with Gasteiger partial charge in [0.2, 0.25) is 0 Å². The van der Waals surface area contributed by atoms with Crippen LogP contribution in [-0.4, -0.2) is 52.7 Å². The molecule has 1 fully saturated rings. The van der Waals surface area contributed by atoms with E-state index in [2.05, 4.69) is 20.2 Å². The third-order valence-corrected chi connectivity index (χ3v) is 5.63. The standard InChI is InChI=1S/C21H23F4N5O/c1-11-7-12(21(23,24)25)8-16(31-4)17(11)20-28-19-15(30(20)3)9-14(22)18(27-19)26-13-5-6-29(2)10-13/h7-9,13H,5-6,10H2,1-4H3,(H,26,27)/t13-/m1/s1. The number of ether oxygens (including phenoxy) is 1. The first-order valence-corrected chi connectivity index (χ1v) is 9.82. The van der Waals surface area contributed by atoms with Gasteiger partial charge in [-0.05, 0) is 44.6 Å². The number of nitrogens with one attached hydrogen (secondary N) is 1. The number of hydrogen-bond acceptors (Lipinski definition) is 5. The zero-order valence-electron chi connectivity index (χ0n) is 17.6. The molecule has 0 unspecified atom stereocenters. The third kappa shape index (κ3) is 3.91. The molecule has 10 heteroatoms. The van der Waals surface area contributed by atoms with Gasteiger partial charge in [-0.15, -0.1) is 0 Å². The Labute approximate surface area is 176 Å². The lowest BCUT2D eigenvalue weighted by Crippen LogP contribution is -2.24. The Hall–Kier alpha value is -2.88. The zero-order chi connectivity index (χ0) is 22.5. The Bertz CT molecular complexity index is 1140. The number of aryl methyl sites for hydroxylation is 2. The molecule has 0 saturated carbocycles. The number of likely N-dealkylation sites (tertiary alicyclic amines) is 1. The van der Waals surface area contributed by atoms with Gasteiger partial charge in [0.25, 0.3) is 0 Å². The highest BCUT2D eigenvalue weighted by Crippen LogP contribution is 2.40. The van der Waals surface area contributed by atoms with Crippen molar-refractivity contribution in [2.24, 2.45) is 7.05 Å². The van der Waals surface area contributed by atoms with Crippen LogP contribution in [0.2, 0.25) is 0 Å². The monoisotopic (exact) mass is 437 g/mol. The first-order valence-electron chi connectivity index (χ1n) is 9.82. The normalized spacial score (nSPS) is 17.5. The van der Waals surface area contributed by atoms with E-state index in [0.717, 1.165) is 31.6 Å². The number of halogens is 4. The Balaban J connectivity index is 1.79. The number of anilines is 1. The first kappa shape index (κ1) is 21.4. The van der Waals surface area contributed by atoms with Crippen molar-refractivity contribution in [1.29, 1.82) is 0 Å². The summed E-state index contributed by atoms with van der Waals surface area (Å²) in [6, 6.07) is 3.42. The number of fused-ring (bicyclic) bond motifs is 1. The molecule has 0 amide bonds. The summed E-state index contributed by atoms with van der Waals surface area (Å²) in [5, 5.41) is 3.13. The number of benzene rings is 1. The van der Waals surface area contributed by atoms with Gasteiger partial charge < -0.3 is 19.5 Å². The smallest absolute Gasteiger partial charge is 0.416 e. The summed E-state index contributed by atoms with van der Waals surface area (Å²) in [5.41, 5.74) is 0.680. The molecule has 1 atom stereocenters. The Morgan fingerprint density at radius 3 is 2.52 bits per heavy atom. The maximum Gasteiger partial charge on any atom is 0.416 e. The van der Waals surface area contributed by atoms with Gasteiger partial charge in [-0.25, -0.2) is 14.4 Å². The second kappa shape index (κ2) is 7.67. The van der Waals surface area contributed by atoms with Crippen LogP contribution in [0.5, 0.6) is 5.75 Å². The van der Waals surface area contributed by atoms with Gasteiger partial charge in [0, 0.05) is 25.7 Å². The first-order chi connectivity index (χ1) is 14.6. The van der Waals surface area contributed by atoms with Gasteiger partial charge in [-0.1, -0.05) is 0 Å². The predicted molar refractivity (Wildman–Crippen MR) is 110 cm³/mol. The number of imidazole rings is 1. The van der Waals surface area contributed by atoms with Gasteiger partial charge in [-0.3, -0.25) is 0 Å². The van der Waals surface area contributed by atoms with Crippen LogP contribution in [0.4, 0.5) is 23.4 Å². The van der Waals surface area contributed by atoms with Crippen LogP contribution >= 0.6 is 0 Å². The highest BCUT2D eigenvalue weighted by atomic mass is 19.4. The number of pyridine rings is 1. The molecule has 4 rings (SSSR count). The minimum Gasteiger partial charge on any atom is -0.496 e. The topological polar surface area (TPSA) is 55.2 Å². The molecule has 31 heavy (non-hydrogen) atoms. The van der Waals surface area contributed by atoms with Crippen LogP contribution in [0, 0.1) is 12.7 Å². The summed E-state index contributed by atoms with van der Waals surface area (Å²) in [6.07, 6.45) is -3.62. The van der Waals surface area contributed by atoms with Crippen LogP contribution in [0.1, 0.15) is 17.5 Å². The van der Waals surface area contributed by atoms with E-state index in [4.69, 9.17) is 4.74 Å². The van der Waals surface area contributed by atoms with Crippen molar-refractivity contribution in [2.75, 3.05) is 32.6 Å². The third-order valence-electron chi connectivity index (χ3n) is 5.63. The van der Waals surface area contributed by atoms with E-state index in [1.54, 1.807) is 18.5 Å². The van der Waals surface area contributed by atoms with Crippen LogP contribution in [0.3, 0.4) is 0 Å². The van der Waals surface area contributed by atoms with E-state index in [1.807, 2.05) is 7.05 Å². The van der Waals surface area contributed by atoms with Crippen molar-refractivity contribution in [1.82, 2.24) is 19.4 Å². The number of rotatable bonds is 4. The summed E-state index contributed by atoms with van der Waals surface area (Å²) in [7, 11) is 4.97. The van der Waals surface area contributed by atoms with Crippen molar-refractivity contribution in [3.05, 3.63) is 35.1 Å². The second-order valence-corrected chi connectivity index (χ2v) is 7.92. The largest absolute Gasteiger partial charge is 0.496 e. The Morgan fingerprint density at radius 2 is 1.90 bits per heavy atom. The summed E-state index contributed by atoms with van der Waals surface area (Å²) in [4.78, 5) is 11.0. The van der Waals surface area contributed by atoms with Crippen molar-refractivity contribution in [3.63, 3.8) is 0 Å². The fourth-order valence-electron chi connectivity index (χ4n) is 4.03. The van der Waals surface area contributed by atoms with Crippen LogP contribution in [0.15, 0.2) is 18.2 Å². The average molecular weight is 437 g/mol. The molecule has 1 saturated heterocycles. The maximum atomic E-state index is 14.7. The van der Waals surface area contributed by atoms with Gasteiger partial charge >= 0.3 is 6.18 Å². The summed E-state index contributed by atoms with van der Waals surface area (Å²) in [5.74, 6) is 0.00235. The van der Waals surface area contributed by atoms with Gasteiger partial charge in [0.1, 0.15) is 11.6 Å². The molecular formula is C21H23F4N5O. The summed E-state index contributed by atoms with van der Waals surface area (Å²) < 4.78 is 61.2. The number of aromatic nitrogens is 3. The molecule has 1 aromatic carbocycles. The number of methoxy groups -OCH3 is 1. The lowest BCUT2D eigenvalue weighted by molar-refractivity contribution is -0.137. The number of alkyl halides is 3. The molecule has 0 aliphatic carbocycles.